The number of nitrogens with zero attached hydrogens (tertiary/aromatic N) is 3. The van der Waals surface area contributed by atoms with Gasteiger partial charge in [-0.1, -0.05) is 115 Å². The van der Waals surface area contributed by atoms with Gasteiger partial charge in [-0.05, 0) is 73.9 Å². The maximum Gasteiger partial charge on any atom is 0.338 e. The van der Waals surface area contributed by atoms with E-state index in [2.05, 4.69) is 66.1 Å². The van der Waals surface area contributed by atoms with E-state index in [4.69, 9.17) is 26.1 Å². The fourth-order valence-electron chi connectivity index (χ4n) is 6.79. The van der Waals surface area contributed by atoms with Gasteiger partial charge in [-0.15, -0.1) is 0 Å². The lowest BCUT2D eigenvalue weighted by molar-refractivity contribution is -0.139. The van der Waals surface area contributed by atoms with Gasteiger partial charge in [0.05, 0.1) is 40.9 Å². The molecule has 0 saturated heterocycles. The molecule has 0 radical (unpaired) electrons. The maximum atomic E-state index is 14.8. The predicted octanol–water partition coefficient (Wildman–Crippen LogP) is 8.67. The van der Waals surface area contributed by atoms with Gasteiger partial charge in [0, 0.05) is 21.8 Å². The monoisotopic (exact) mass is 727 g/mol. The summed E-state index contributed by atoms with van der Waals surface area (Å²) in [4.78, 5) is 34.0. The molecular formula is C43H38ClN3O4S. The molecule has 1 aliphatic rings. The van der Waals surface area contributed by atoms with E-state index in [1.807, 2.05) is 49.4 Å². The van der Waals surface area contributed by atoms with E-state index < -0.39 is 12.0 Å². The summed E-state index contributed by atoms with van der Waals surface area (Å²) in [7, 11) is 1.56. The number of hydrogen-bond acceptors (Lipinski definition) is 6. The average Bonchev–Trinajstić information content (AvgIpc) is 3.69. The molecule has 0 spiro atoms. The van der Waals surface area contributed by atoms with Crippen molar-refractivity contribution in [2.75, 3.05) is 13.7 Å². The lowest BCUT2D eigenvalue weighted by Crippen LogP contribution is -2.40. The molecule has 52 heavy (non-hydrogen) atoms. The maximum absolute atomic E-state index is 14.8. The SMILES string of the molecule is CCCC1=C(C(=O)OCC)[C@H](c2cc(Cl)ccc2OC)n2c(s/c(=C/c3cc(-c4ccccc4)n(-c4ccc(C)cc4)c3-c3ccccc3)c2=O)=N1. The second-order valence-corrected chi connectivity index (χ2v) is 14.0. The minimum Gasteiger partial charge on any atom is -0.496 e. The number of hydrogen-bond donors (Lipinski definition) is 0. The number of benzene rings is 4. The molecule has 1 aliphatic heterocycles. The van der Waals surface area contributed by atoms with Crippen LogP contribution < -0.4 is 19.6 Å². The number of rotatable bonds is 10. The van der Waals surface area contributed by atoms with Crippen molar-refractivity contribution in [3.63, 3.8) is 0 Å². The Morgan fingerprint density at radius 2 is 1.62 bits per heavy atom. The zero-order valence-electron chi connectivity index (χ0n) is 29.4. The number of fused-ring (bicyclic) bond motifs is 1. The van der Waals surface area contributed by atoms with Crippen LogP contribution in [-0.4, -0.2) is 28.8 Å². The molecule has 0 amide bonds. The lowest BCUT2D eigenvalue weighted by Gasteiger charge is -2.27. The smallest absolute Gasteiger partial charge is 0.338 e. The summed E-state index contributed by atoms with van der Waals surface area (Å²) in [5.74, 6) is -0.0254. The Hall–Kier alpha value is -5.44. The van der Waals surface area contributed by atoms with Gasteiger partial charge in [0.2, 0.25) is 0 Å². The molecule has 0 N–H and O–H groups in total. The highest BCUT2D eigenvalue weighted by Gasteiger charge is 2.36. The molecule has 3 heterocycles. The Kier molecular flexibility index (Phi) is 10.1. The van der Waals surface area contributed by atoms with Crippen LogP contribution in [0.5, 0.6) is 5.75 Å². The van der Waals surface area contributed by atoms with Crippen LogP contribution >= 0.6 is 22.9 Å². The third-order valence-corrected chi connectivity index (χ3v) is 10.3. The quantitative estimate of drug-likeness (QED) is 0.132. The summed E-state index contributed by atoms with van der Waals surface area (Å²) in [6.45, 7) is 6.05. The summed E-state index contributed by atoms with van der Waals surface area (Å²) >= 11 is 7.86. The molecule has 6 aromatic rings. The molecule has 0 saturated carbocycles. The summed E-state index contributed by atoms with van der Waals surface area (Å²) in [5, 5.41) is 0.452. The van der Waals surface area contributed by atoms with Gasteiger partial charge >= 0.3 is 5.97 Å². The van der Waals surface area contributed by atoms with Crippen molar-refractivity contribution in [2.45, 2.75) is 39.7 Å². The number of aromatic nitrogens is 2. The van der Waals surface area contributed by atoms with Crippen molar-refractivity contribution in [3.8, 4) is 34.0 Å². The highest BCUT2D eigenvalue weighted by Crippen LogP contribution is 2.39. The zero-order chi connectivity index (χ0) is 36.4. The molecule has 1 atom stereocenters. The first-order valence-electron chi connectivity index (χ1n) is 17.3. The van der Waals surface area contributed by atoms with Gasteiger partial charge in [0.15, 0.2) is 4.80 Å². The summed E-state index contributed by atoms with van der Waals surface area (Å²) in [6, 6.07) is 35.4. The molecular weight excluding hydrogens is 690 g/mol. The first kappa shape index (κ1) is 35.0. The number of esters is 1. The van der Waals surface area contributed by atoms with Crippen LogP contribution in [0.3, 0.4) is 0 Å². The van der Waals surface area contributed by atoms with Crippen molar-refractivity contribution in [1.82, 2.24) is 9.13 Å². The third kappa shape index (κ3) is 6.56. The number of carbonyl (C=O) groups excluding carboxylic acids is 1. The Morgan fingerprint density at radius 1 is 0.923 bits per heavy atom. The van der Waals surface area contributed by atoms with E-state index in [0.717, 1.165) is 45.7 Å². The van der Waals surface area contributed by atoms with Crippen molar-refractivity contribution in [3.05, 3.63) is 162 Å². The minimum atomic E-state index is -0.863. The first-order chi connectivity index (χ1) is 25.3. The van der Waals surface area contributed by atoms with Gasteiger partial charge in [-0.2, -0.15) is 0 Å². The van der Waals surface area contributed by atoms with Crippen LogP contribution in [0.2, 0.25) is 5.02 Å². The van der Waals surface area contributed by atoms with Crippen molar-refractivity contribution in [2.24, 2.45) is 4.99 Å². The van der Waals surface area contributed by atoms with Crippen molar-refractivity contribution in [1.29, 1.82) is 0 Å². The summed E-state index contributed by atoms with van der Waals surface area (Å²) in [6.07, 6.45) is 3.21. The Morgan fingerprint density at radius 3 is 2.27 bits per heavy atom. The number of ether oxygens (including phenoxy) is 2. The van der Waals surface area contributed by atoms with Gasteiger partial charge < -0.3 is 14.0 Å². The number of thiazole rings is 1. The molecule has 7 rings (SSSR count). The van der Waals surface area contributed by atoms with Crippen LogP contribution in [0, 0.1) is 6.92 Å². The molecule has 262 valence electrons. The summed E-state index contributed by atoms with van der Waals surface area (Å²) in [5.41, 5.74) is 8.20. The topological polar surface area (TPSA) is 74.8 Å². The average molecular weight is 728 g/mol. The van der Waals surface area contributed by atoms with Crippen LogP contribution in [0.4, 0.5) is 0 Å². The standard InChI is InChI=1S/C43H38ClN3O4S/c1-5-13-34-38(42(49)51-6-2)40(33-26-31(44)20-23-36(33)50-4)47-41(48)37(52-43(47)45-34)25-30-24-35(28-14-9-7-10-15-28)46(32-21-18-27(3)19-22-32)39(30)29-16-11-8-12-17-29/h7-12,14-26,40H,5-6,13H2,1-4H3/b37-25+/t40-/m0/s1. The highest BCUT2D eigenvalue weighted by atomic mass is 35.5. The number of halogens is 1. The van der Waals surface area contributed by atoms with E-state index >= 15 is 0 Å². The van der Waals surface area contributed by atoms with E-state index in [-0.39, 0.29) is 12.2 Å². The van der Waals surface area contributed by atoms with Crippen molar-refractivity contribution >= 4 is 35.0 Å². The van der Waals surface area contributed by atoms with Gasteiger partial charge in [0.1, 0.15) is 11.8 Å². The largest absolute Gasteiger partial charge is 0.496 e. The van der Waals surface area contributed by atoms with E-state index in [1.165, 1.54) is 11.3 Å². The lowest BCUT2D eigenvalue weighted by atomic mass is 9.93. The highest BCUT2D eigenvalue weighted by molar-refractivity contribution is 7.07. The van der Waals surface area contributed by atoms with Crippen LogP contribution in [-0.2, 0) is 9.53 Å². The first-order valence-corrected chi connectivity index (χ1v) is 18.5. The zero-order valence-corrected chi connectivity index (χ0v) is 31.0. The van der Waals surface area contributed by atoms with Crippen LogP contribution in [0.1, 0.15) is 49.4 Å². The minimum absolute atomic E-state index is 0.176. The Bertz CT molecular complexity index is 2480. The molecule has 0 bridgehead atoms. The number of methoxy groups -OCH3 is 1. The fraction of sp³-hybridized carbons (Fsp3) is 0.186. The molecule has 9 heteroatoms. The van der Waals surface area contributed by atoms with Crippen LogP contribution in [0.15, 0.2) is 130 Å². The second-order valence-electron chi connectivity index (χ2n) is 12.5. The summed E-state index contributed by atoms with van der Waals surface area (Å²) < 4.78 is 15.7. The normalized spacial score (nSPS) is 14.2. The van der Waals surface area contributed by atoms with Crippen molar-refractivity contribution < 1.29 is 14.3 Å². The fourth-order valence-corrected chi connectivity index (χ4v) is 7.98. The molecule has 7 nitrogen and oxygen atoms in total. The van der Waals surface area contributed by atoms with Gasteiger partial charge in [-0.3, -0.25) is 9.36 Å². The Labute approximate surface area is 311 Å². The molecule has 4 aromatic carbocycles. The van der Waals surface area contributed by atoms with Crippen LogP contribution in [0.25, 0.3) is 34.3 Å². The number of allylic oxidation sites excluding steroid dienone is 1. The van der Waals surface area contributed by atoms with Gasteiger partial charge in [-0.25, -0.2) is 9.79 Å². The molecule has 0 aliphatic carbocycles. The predicted molar refractivity (Wildman–Crippen MR) is 209 cm³/mol. The second kappa shape index (κ2) is 15.0. The number of aryl methyl sites for hydroxylation is 1. The van der Waals surface area contributed by atoms with Gasteiger partial charge in [0.25, 0.3) is 5.56 Å². The molecule has 0 unspecified atom stereocenters. The third-order valence-electron chi connectivity index (χ3n) is 9.10. The number of carbonyl (C=O) groups is 1. The molecule has 0 fully saturated rings. The van der Waals surface area contributed by atoms with E-state index in [0.29, 0.717) is 43.4 Å². The Balaban J connectivity index is 1.54. The molecule has 2 aromatic heterocycles. The van der Waals surface area contributed by atoms with E-state index in [9.17, 15) is 9.59 Å². The van der Waals surface area contributed by atoms with E-state index in [1.54, 1.807) is 36.8 Å².